The Balaban J connectivity index is 1.80. The van der Waals surface area contributed by atoms with Gasteiger partial charge in [0.05, 0.1) is 0 Å². The predicted molar refractivity (Wildman–Crippen MR) is 74.0 cm³/mol. The molecule has 4 heteroatoms. The number of nitrogens with one attached hydrogen (secondary N) is 3. The summed E-state index contributed by atoms with van der Waals surface area (Å²) in [7, 11) is 0. The molecule has 100 valence electrons. The number of aromatic nitrogens is 2. The zero-order valence-corrected chi connectivity index (χ0v) is 11.4. The molecule has 2 heterocycles. The molecule has 3 N–H and O–H groups in total. The quantitative estimate of drug-likeness (QED) is 0.769. The highest BCUT2D eigenvalue weighted by molar-refractivity contribution is 5.49. The van der Waals surface area contributed by atoms with Gasteiger partial charge >= 0.3 is 0 Å². The van der Waals surface area contributed by atoms with Crippen LogP contribution in [0.1, 0.15) is 50.3 Å². The summed E-state index contributed by atoms with van der Waals surface area (Å²) >= 11 is 0. The molecule has 4 nitrogen and oxygen atoms in total. The van der Waals surface area contributed by atoms with E-state index in [1.54, 1.807) is 0 Å². The van der Waals surface area contributed by atoms with E-state index in [0.29, 0.717) is 17.9 Å². The van der Waals surface area contributed by atoms with Crippen LogP contribution in [0.3, 0.4) is 0 Å². The average molecular weight is 248 g/mol. The fourth-order valence-corrected chi connectivity index (χ4v) is 3.34. The van der Waals surface area contributed by atoms with E-state index in [-0.39, 0.29) is 0 Å². The molecule has 1 saturated heterocycles. The number of hydrogen-bond acceptors (Lipinski definition) is 3. The third-order valence-electron chi connectivity index (χ3n) is 4.42. The Morgan fingerprint density at radius 1 is 1.33 bits per heavy atom. The van der Waals surface area contributed by atoms with E-state index in [1.165, 1.54) is 36.9 Å². The van der Waals surface area contributed by atoms with E-state index in [1.807, 2.05) is 0 Å². The summed E-state index contributed by atoms with van der Waals surface area (Å²) in [6.07, 6.45) is 4.98. The average Bonchev–Trinajstić information content (AvgIpc) is 2.99. The Hall–Kier alpha value is -1.03. The van der Waals surface area contributed by atoms with Crippen molar-refractivity contribution in [2.75, 3.05) is 18.4 Å². The number of aromatic amines is 1. The summed E-state index contributed by atoms with van der Waals surface area (Å²) in [5, 5.41) is 14.8. The summed E-state index contributed by atoms with van der Waals surface area (Å²) in [5.74, 6) is 2.48. The highest BCUT2D eigenvalue weighted by Crippen LogP contribution is 2.38. The minimum atomic E-state index is 0.553. The molecule has 3 rings (SSSR count). The van der Waals surface area contributed by atoms with Crippen LogP contribution in [0.15, 0.2) is 0 Å². The van der Waals surface area contributed by atoms with Crippen molar-refractivity contribution in [3.63, 3.8) is 0 Å². The first-order valence-electron chi connectivity index (χ1n) is 7.30. The first-order chi connectivity index (χ1) is 8.75. The van der Waals surface area contributed by atoms with Crippen LogP contribution in [0, 0.1) is 5.92 Å². The molecule has 2 aliphatic rings. The number of nitrogens with zero attached hydrogens (tertiary/aromatic N) is 1. The lowest BCUT2D eigenvalue weighted by molar-refractivity contribution is 0.425. The molecule has 1 aromatic heterocycles. The van der Waals surface area contributed by atoms with Crippen LogP contribution in [0.5, 0.6) is 0 Å². The highest BCUT2D eigenvalue weighted by Gasteiger charge is 2.28. The molecule has 1 aromatic rings. The van der Waals surface area contributed by atoms with Crippen molar-refractivity contribution < 1.29 is 0 Å². The highest BCUT2D eigenvalue weighted by atomic mass is 15.2. The second-order valence-electron chi connectivity index (χ2n) is 6.04. The number of anilines is 1. The van der Waals surface area contributed by atoms with Crippen LogP contribution in [0.2, 0.25) is 0 Å². The molecule has 0 bridgehead atoms. The van der Waals surface area contributed by atoms with E-state index in [0.717, 1.165) is 18.9 Å². The lowest BCUT2D eigenvalue weighted by Gasteiger charge is -2.25. The molecule has 18 heavy (non-hydrogen) atoms. The third-order valence-corrected chi connectivity index (χ3v) is 4.42. The molecule has 1 aliphatic carbocycles. The largest absolute Gasteiger partial charge is 0.364 e. The lowest BCUT2D eigenvalue weighted by atomic mass is 9.81. The van der Waals surface area contributed by atoms with Crippen LogP contribution in [-0.4, -0.2) is 29.3 Å². The second-order valence-corrected chi connectivity index (χ2v) is 6.04. The maximum atomic E-state index is 4.53. The van der Waals surface area contributed by atoms with Gasteiger partial charge in [0.2, 0.25) is 0 Å². The van der Waals surface area contributed by atoms with Gasteiger partial charge in [0.1, 0.15) is 0 Å². The first-order valence-corrected chi connectivity index (χ1v) is 7.30. The van der Waals surface area contributed by atoms with Gasteiger partial charge in [0, 0.05) is 29.8 Å². The molecule has 0 radical (unpaired) electrons. The second kappa shape index (κ2) is 4.92. The molecular weight excluding hydrogens is 224 g/mol. The summed E-state index contributed by atoms with van der Waals surface area (Å²) < 4.78 is 0. The monoisotopic (exact) mass is 248 g/mol. The van der Waals surface area contributed by atoms with Gasteiger partial charge in [0.15, 0.2) is 5.82 Å². The molecule has 0 aromatic carbocycles. The van der Waals surface area contributed by atoms with Gasteiger partial charge in [0.25, 0.3) is 0 Å². The zero-order chi connectivity index (χ0) is 12.5. The molecule has 1 aliphatic heterocycles. The minimum absolute atomic E-state index is 0.553. The Labute approximate surface area is 109 Å². The third kappa shape index (κ3) is 2.14. The van der Waals surface area contributed by atoms with Crippen molar-refractivity contribution >= 4 is 5.82 Å². The van der Waals surface area contributed by atoms with E-state index in [2.05, 4.69) is 34.7 Å². The molecule has 2 unspecified atom stereocenters. The van der Waals surface area contributed by atoms with E-state index >= 15 is 0 Å². The first kappa shape index (κ1) is 12.0. The normalized spacial score (nSPS) is 27.5. The SMILES string of the molecule is CC(C)C1CCCc2c(NC3CCNC3)n[nH]c21. The van der Waals surface area contributed by atoms with Crippen LogP contribution >= 0.6 is 0 Å². The summed E-state index contributed by atoms with van der Waals surface area (Å²) in [6, 6.07) is 0.553. The van der Waals surface area contributed by atoms with Crippen molar-refractivity contribution in [2.45, 2.75) is 51.5 Å². The van der Waals surface area contributed by atoms with E-state index in [4.69, 9.17) is 0 Å². The predicted octanol–water partition coefficient (Wildman–Crippen LogP) is 2.26. The maximum Gasteiger partial charge on any atom is 0.151 e. The van der Waals surface area contributed by atoms with Crippen LogP contribution in [-0.2, 0) is 6.42 Å². The van der Waals surface area contributed by atoms with Crippen molar-refractivity contribution in [1.82, 2.24) is 15.5 Å². The van der Waals surface area contributed by atoms with Crippen molar-refractivity contribution in [3.05, 3.63) is 11.3 Å². The Kier molecular flexibility index (Phi) is 3.29. The molecular formula is C14H24N4. The summed E-state index contributed by atoms with van der Waals surface area (Å²) in [4.78, 5) is 0. The van der Waals surface area contributed by atoms with E-state index < -0.39 is 0 Å². The van der Waals surface area contributed by atoms with Crippen molar-refractivity contribution in [3.8, 4) is 0 Å². The van der Waals surface area contributed by atoms with Crippen LogP contribution < -0.4 is 10.6 Å². The zero-order valence-electron chi connectivity index (χ0n) is 11.4. The van der Waals surface area contributed by atoms with Gasteiger partial charge < -0.3 is 10.6 Å². The molecule has 0 spiro atoms. The molecule has 0 saturated carbocycles. The van der Waals surface area contributed by atoms with Crippen LogP contribution in [0.4, 0.5) is 5.82 Å². The smallest absolute Gasteiger partial charge is 0.151 e. The van der Waals surface area contributed by atoms with E-state index in [9.17, 15) is 0 Å². The number of rotatable bonds is 3. The fraction of sp³-hybridized carbons (Fsp3) is 0.786. The number of hydrogen-bond donors (Lipinski definition) is 3. The lowest BCUT2D eigenvalue weighted by Crippen LogP contribution is -2.23. The van der Waals surface area contributed by atoms with Gasteiger partial charge in [-0.3, -0.25) is 5.10 Å². The van der Waals surface area contributed by atoms with Gasteiger partial charge in [-0.1, -0.05) is 13.8 Å². The molecule has 2 atom stereocenters. The topological polar surface area (TPSA) is 52.7 Å². The van der Waals surface area contributed by atoms with Crippen molar-refractivity contribution in [2.24, 2.45) is 5.92 Å². The standard InChI is InChI=1S/C14H24N4/c1-9(2)11-4-3-5-12-13(11)17-18-14(12)16-10-6-7-15-8-10/h9-11,15H,3-8H2,1-2H3,(H2,16,17,18). The minimum Gasteiger partial charge on any atom is -0.364 e. The Morgan fingerprint density at radius 3 is 2.94 bits per heavy atom. The maximum absolute atomic E-state index is 4.53. The number of H-pyrrole nitrogens is 1. The molecule has 1 fully saturated rings. The summed E-state index contributed by atoms with van der Waals surface area (Å²) in [5.41, 5.74) is 2.84. The van der Waals surface area contributed by atoms with Gasteiger partial charge in [-0.15, -0.1) is 0 Å². The molecule has 0 amide bonds. The summed E-state index contributed by atoms with van der Waals surface area (Å²) in [6.45, 7) is 6.82. The number of fused-ring (bicyclic) bond motifs is 1. The van der Waals surface area contributed by atoms with Gasteiger partial charge in [-0.25, -0.2) is 0 Å². The van der Waals surface area contributed by atoms with Crippen LogP contribution in [0.25, 0.3) is 0 Å². The van der Waals surface area contributed by atoms with Gasteiger partial charge in [-0.05, 0) is 38.1 Å². The fourth-order valence-electron chi connectivity index (χ4n) is 3.34. The van der Waals surface area contributed by atoms with Gasteiger partial charge in [-0.2, -0.15) is 5.10 Å². The van der Waals surface area contributed by atoms with Crippen molar-refractivity contribution in [1.29, 1.82) is 0 Å². The Morgan fingerprint density at radius 2 is 2.22 bits per heavy atom. The Bertz CT molecular complexity index is 404.